The largest absolute Gasteiger partial charge is 0.493 e. The van der Waals surface area contributed by atoms with Gasteiger partial charge in [0.1, 0.15) is 4.90 Å². The minimum Gasteiger partial charge on any atom is -0.493 e. The van der Waals surface area contributed by atoms with Gasteiger partial charge in [0.25, 0.3) is 10.0 Å². The number of halogens is 1. The second-order valence-electron chi connectivity index (χ2n) is 6.77. The first-order valence-corrected chi connectivity index (χ1v) is 11.5. The van der Waals surface area contributed by atoms with Crippen molar-refractivity contribution in [2.24, 2.45) is 0 Å². The van der Waals surface area contributed by atoms with E-state index in [1.807, 2.05) is 24.3 Å². The van der Waals surface area contributed by atoms with Crippen LogP contribution in [-0.2, 0) is 16.6 Å². The summed E-state index contributed by atoms with van der Waals surface area (Å²) < 4.78 is 39.1. The molecule has 9 heteroatoms. The van der Waals surface area contributed by atoms with Crippen molar-refractivity contribution in [1.82, 2.24) is 0 Å². The van der Waals surface area contributed by atoms with Gasteiger partial charge in [0.15, 0.2) is 11.5 Å². The number of para-hydroxylation sites is 1. The van der Waals surface area contributed by atoms with Crippen LogP contribution in [0.25, 0.3) is 0 Å². The first-order valence-electron chi connectivity index (χ1n) is 9.29. The molecule has 0 aliphatic carbocycles. The molecule has 1 aliphatic heterocycles. The number of sulfonamides is 1. The molecule has 0 N–H and O–H groups in total. The Balaban J connectivity index is 1.85. The highest BCUT2D eigenvalue weighted by Crippen LogP contribution is 2.40. The van der Waals surface area contributed by atoms with E-state index in [4.69, 9.17) is 9.47 Å². The summed E-state index contributed by atoms with van der Waals surface area (Å²) >= 11 is 3.40. The Hall–Kier alpha value is -3.04. The maximum Gasteiger partial charge on any atom is 0.343 e. The van der Waals surface area contributed by atoms with Crippen molar-refractivity contribution < 1.29 is 22.7 Å². The number of ether oxygens (including phenoxy) is 2. The van der Waals surface area contributed by atoms with E-state index >= 15 is 0 Å². The lowest BCUT2D eigenvalue weighted by Crippen LogP contribution is -2.50. The van der Waals surface area contributed by atoms with E-state index in [0.29, 0.717) is 17.2 Å². The smallest absolute Gasteiger partial charge is 0.343 e. The monoisotopic (exact) mass is 502 g/mol. The van der Waals surface area contributed by atoms with Crippen molar-refractivity contribution in [3.05, 3.63) is 76.8 Å². The number of anilines is 2. The highest BCUT2D eigenvalue weighted by Gasteiger charge is 2.42. The molecular weight excluding hydrogens is 484 g/mol. The van der Waals surface area contributed by atoms with Crippen molar-refractivity contribution in [2.75, 3.05) is 23.4 Å². The van der Waals surface area contributed by atoms with Crippen LogP contribution in [0.15, 0.2) is 76.1 Å². The third-order valence-electron chi connectivity index (χ3n) is 4.93. The van der Waals surface area contributed by atoms with Crippen molar-refractivity contribution >= 4 is 43.4 Å². The number of carbonyl (C=O) groups excluding carboxylic acids is 1. The molecule has 0 bridgehead atoms. The van der Waals surface area contributed by atoms with E-state index in [9.17, 15) is 13.2 Å². The first-order chi connectivity index (χ1) is 14.9. The van der Waals surface area contributed by atoms with Crippen LogP contribution < -0.4 is 18.7 Å². The van der Waals surface area contributed by atoms with Gasteiger partial charge in [-0.15, -0.1) is 0 Å². The van der Waals surface area contributed by atoms with E-state index in [-0.39, 0.29) is 17.1 Å². The second-order valence-corrected chi connectivity index (χ2v) is 9.44. The van der Waals surface area contributed by atoms with Crippen LogP contribution in [-0.4, -0.2) is 28.7 Å². The van der Waals surface area contributed by atoms with Gasteiger partial charge in [-0.2, -0.15) is 4.31 Å². The SMILES string of the molecule is COc1ccc(N2C(=O)N(Cc3ccc(Br)cc3)c3ccccc3S2(=O)=O)cc1OC. The fourth-order valence-corrected chi connectivity index (χ4v) is 5.29. The van der Waals surface area contributed by atoms with Crippen molar-refractivity contribution in [3.8, 4) is 11.5 Å². The lowest BCUT2D eigenvalue weighted by Gasteiger charge is -2.36. The zero-order valence-corrected chi connectivity index (χ0v) is 19.2. The number of hydrogen-bond donors (Lipinski definition) is 0. The van der Waals surface area contributed by atoms with Crippen molar-refractivity contribution in [1.29, 1.82) is 0 Å². The van der Waals surface area contributed by atoms with E-state index in [1.165, 1.54) is 37.3 Å². The molecule has 0 atom stereocenters. The molecule has 7 nitrogen and oxygen atoms in total. The molecular formula is C22H19BrN2O5S. The van der Waals surface area contributed by atoms with Crippen LogP contribution in [0.1, 0.15) is 5.56 Å². The number of fused-ring (bicyclic) bond motifs is 1. The molecule has 0 unspecified atom stereocenters. The van der Waals surface area contributed by atoms with Gasteiger partial charge in [-0.3, -0.25) is 4.90 Å². The fourth-order valence-electron chi connectivity index (χ4n) is 3.44. The van der Waals surface area contributed by atoms with Gasteiger partial charge in [0, 0.05) is 10.5 Å². The Morgan fingerprint density at radius 3 is 2.26 bits per heavy atom. The fraction of sp³-hybridized carbons (Fsp3) is 0.136. The highest BCUT2D eigenvalue weighted by atomic mass is 79.9. The predicted octanol–water partition coefficient (Wildman–Crippen LogP) is 4.80. The topological polar surface area (TPSA) is 76.2 Å². The third-order valence-corrected chi connectivity index (χ3v) is 7.21. The maximum absolute atomic E-state index is 13.5. The summed E-state index contributed by atoms with van der Waals surface area (Å²) in [5.41, 5.74) is 1.36. The third kappa shape index (κ3) is 3.75. The quantitative estimate of drug-likeness (QED) is 0.500. The Morgan fingerprint density at radius 2 is 1.58 bits per heavy atom. The van der Waals surface area contributed by atoms with Gasteiger partial charge in [-0.25, -0.2) is 13.2 Å². The molecule has 0 aromatic heterocycles. The van der Waals surface area contributed by atoms with Crippen LogP contribution in [0.2, 0.25) is 0 Å². The van der Waals surface area contributed by atoms with Gasteiger partial charge in [0.05, 0.1) is 32.1 Å². The molecule has 31 heavy (non-hydrogen) atoms. The second kappa shape index (κ2) is 8.24. The van der Waals surface area contributed by atoms with Gasteiger partial charge < -0.3 is 9.47 Å². The Bertz CT molecular complexity index is 1250. The Kier molecular flexibility index (Phi) is 5.63. The van der Waals surface area contributed by atoms with Gasteiger partial charge in [-0.05, 0) is 42.0 Å². The minimum atomic E-state index is -4.12. The number of rotatable bonds is 5. The number of carbonyl (C=O) groups is 1. The van der Waals surface area contributed by atoms with Crippen molar-refractivity contribution in [2.45, 2.75) is 11.4 Å². The first kappa shape index (κ1) is 21.2. The molecule has 0 fully saturated rings. The summed E-state index contributed by atoms with van der Waals surface area (Å²) in [6, 6.07) is 17.9. The van der Waals surface area contributed by atoms with Crippen LogP contribution in [0.3, 0.4) is 0 Å². The summed E-state index contributed by atoms with van der Waals surface area (Å²) in [7, 11) is -1.19. The van der Waals surface area contributed by atoms with Crippen LogP contribution >= 0.6 is 15.9 Å². The summed E-state index contributed by atoms with van der Waals surface area (Å²) in [5, 5.41) is 0. The van der Waals surface area contributed by atoms with E-state index in [2.05, 4.69) is 15.9 Å². The number of nitrogens with zero attached hydrogens (tertiary/aromatic N) is 2. The number of benzene rings is 3. The normalized spacial score (nSPS) is 14.9. The molecule has 160 valence electrons. The zero-order chi connectivity index (χ0) is 22.2. The van der Waals surface area contributed by atoms with E-state index in [0.717, 1.165) is 14.3 Å². The summed E-state index contributed by atoms with van der Waals surface area (Å²) in [6.45, 7) is 0.211. The van der Waals surface area contributed by atoms with E-state index in [1.54, 1.807) is 24.3 Å². The summed E-state index contributed by atoms with van der Waals surface area (Å²) in [4.78, 5) is 15.0. The summed E-state index contributed by atoms with van der Waals surface area (Å²) in [6.07, 6.45) is 0. The molecule has 4 rings (SSSR count). The zero-order valence-electron chi connectivity index (χ0n) is 16.8. The molecule has 0 saturated heterocycles. The van der Waals surface area contributed by atoms with Gasteiger partial charge in [0.2, 0.25) is 0 Å². The summed E-state index contributed by atoms with van der Waals surface area (Å²) in [5.74, 6) is 0.751. The van der Waals surface area contributed by atoms with Crippen LogP contribution in [0.5, 0.6) is 11.5 Å². The molecule has 0 spiro atoms. The molecule has 0 radical (unpaired) electrons. The molecule has 3 aromatic carbocycles. The molecule has 0 saturated carbocycles. The van der Waals surface area contributed by atoms with E-state index < -0.39 is 16.1 Å². The number of methoxy groups -OCH3 is 2. The minimum absolute atomic E-state index is 0.0569. The van der Waals surface area contributed by atoms with Gasteiger partial charge in [-0.1, -0.05) is 40.2 Å². The molecule has 3 aromatic rings. The number of hydrogen-bond acceptors (Lipinski definition) is 5. The number of amides is 2. The van der Waals surface area contributed by atoms with Gasteiger partial charge >= 0.3 is 6.03 Å². The van der Waals surface area contributed by atoms with Crippen LogP contribution in [0.4, 0.5) is 16.2 Å². The molecule has 1 heterocycles. The Labute approximate surface area is 189 Å². The van der Waals surface area contributed by atoms with Crippen LogP contribution in [0, 0.1) is 0 Å². The average molecular weight is 503 g/mol. The Morgan fingerprint density at radius 1 is 0.903 bits per heavy atom. The van der Waals surface area contributed by atoms with Crippen molar-refractivity contribution in [3.63, 3.8) is 0 Å². The predicted molar refractivity (Wildman–Crippen MR) is 121 cm³/mol. The molecule has 2 amide bonds. The highest BCUT2D eigenvalue weighted by molar-refractivity contribution is 9.10. The average Bonchev–Trinajstić information content (AvgIpc) is 2.77. The molecule has 1 aliphatic rings. The number of urea groups is 1. The maximum atomic E-state index is 13.5. The lowest BCUT2D eigenvalue weighted by atomic mass is 10.2. The standard InChI is InChI=1S/C22H19BrN2O5S/c1-29-19-12-11-17(13-20(19)30-2)25-22(26)24(14-15-7-9-16(23)10-8-15)18-5-3-4-6-21(18)31(25,27)28/h3-13H,14H2,1-2H3. The lowest BCUT2D eigenvalue weighted by molar-refractivity contribution is 0.253.